The van der Waals surface area contributed by atoms with Crippen LogP contribution in [0.15, 0.2) is 24.4 Å². The van der Waals surface area contributed by atoms with Crippen molar-refractivity contribution in [3.63, 3.8) is 0 Å². The van der Waals surface area contributed by atoms with E-state index < -0.39 is 53.0 Å². The van der Waals surface area contributed by atoms with Gasteiger partial charge in [-0.25, -0.2) is 4.79 Å². The predicted molar refractivity (Wildman–Crippen MR) is 143 cm³/mol. The van der Waals surface area contributed by atoms with Crippen LogP contribution < -0.4 is 16.4 Å². The summed E-state index contributed by atoms with van der Waals surface area (Å²) in [4.78, 5) is 58.6. The molecule has 1 aromatic rings. The zero-order valence-corrected chi connectivity index (χ0v) is 24.0. The number of likely N-dealkylation sites (tertiary alicyclic amines) is 1. The molecule has 1 aromatic heterocycles. The number of aromatic nitrogens is 1. The number of nitrogens with one attached hydrogen (secondary N) is 2. The Morgan fingerprint density at radius 2 is 1.74 bits per heavy atom. The summed E-state index contributed by atoms with van der Waals surface area (Å²) in [5.74, 6) is -1.90. The lowest BCUT2D eigenvalue weighted by atomic mass is 9.85. The zero-order valence-electron chi connectivity index (χ0n) is 24.0. The number of nitrogens with zero attached hydrogens (tertiary/aromatic N) is 2. The molecule has 1 saturated carbocycles. The number of primary amides is 1. The third-order valence-corrected chi connectivity index (χ3v) is 7.79. The lowest BCUT2D eigenvalue weighted by Gasteiger charge is -2.38. The van der Waals surface area contributed by atoms with Crippen LogP contribution in [0.5, 0.6) is 0 Å². The number of alkyl carbamates (subject to hydrolysis) is 1. The number of hydrogen-bond donors (Lipinski definition) is 3. The highest BCUT2D eigenvalue weighted by atomic mass is 16.6. The molecule has 2 fully saturated rings. The van der Waals surface area contributed by atoms with Crippen LogP contribution in [-0.4, -0.2) is 64.0 Å². The molecule has 210 valence electrons. The molecule has 38 heavy (non-hydrogen) atoms. The molecule has 0 spiro atoms. The van der Waals surface area contributed by atoms with Gasteiger partial charge >= 0.3 is 6.09 Å². The molecule has 0 bridgehead atoms. The molecule has 4 amide bonds. The van der Waals surface area contributed by atoms with Crippen molar-refractivity contribution >= 4 is 23.8 Å². The molecule has 3 rings (SSSR count). The Morgan fingerprint density at radius 3 is 2.24 bits per heavy atom. The van der Waals surface area contributed by atoms with Gasteiger partial charge in [0.2, 0.25) is 17.7 Å². The van der Waals surface area contributed by atoms with Crippen LogP contribution in [0.3, 0.4) is 0 Å². The van der Waals surface area contributed by atoms with Crippen molar-refractivity contribution in [3.05, 3.63) is 30.1 Å². The number of piperidine rings is 1. The summed E-state index contributed by atoms with van der Waals surface area (Å²) in [6.07, 6.45) is 0.916. The number of hydrogen-bond acceptors (Lipinski definition) is 6. The quantitative estimate of drug-likeness (QED) is 0.495. The van der Waals surface area contributed by atoms with E-state index in [0.29, 0.717) is 12.2 Å². The third kappa shape index (κ3) is 6.10. The summed E-state index contributed by atoms with van der Waals surface area (Å²) in [5, 5.41) is 5.56. The molecular formula is C28H43N5O5. The maximum atomic E-state index is 13.9. The molecule has 10 nitrogen and oxygen atoms in total. The van der Waals surface area contributed by atoms with Crippen molar-refractivity contribution in [1.82, 2.24) is 20.5 Å². The summed E-state index contributed by atoms with van der Waals surface area (Å²) in [7, 11) is 0. The number of rotatable bonds is 7. The van der Waals surface area contributed by atoms with E-state index in [1.165, 1.54) is 0 Å². The molecule has 0 aromatic carbocycles. The van der Waals surface area contributed by atoms with Crippen molar-refractivity contribution in [2.45, 2.75) is 92.0 Å². The minimum atomic E-state index is -1.01. The topological polar surface area (TPSA) is 144 Å². The minimum Gasteiger partial charge on any atom is -0.444 e. The largest absolute Gasteiger partial charge is 0.444 e. The van der Waals surface area contributed by atoms with E-state index in [-0.39, 0.29) is 23.2 Å². The molecule has 2 aliphatic rings. The average Bonchev–Trinajstić information content (AvgIpc) is 3.12. The monoisotopic (exact) mass is 529 g/mol. The van der Waals surface area contributed by atoms with Crippen molar-refractivity contribution in [2.24, 2.45) is 28.4 Å². The fourth-order valence-electron chi connectivity index (χ4n) is 5.55. The first kappa shape index (κ1) is 29.4. The molecule has 4 N–H and O–H groups in total. The Labute approximate surface area is 225 Å². The lowest BCUT2D eigenvalue weighted by Crippen LogP contribution is -2.61. The number of fused-ring (bicyclic) bond motifs is 1. The van der Waals surface area contributed by atoms with Crippen molar-refractivity contribution in [3.8, 4) is 0 Å². The van der Waals surface area contributed by atoms with E-state index in [9.17, 15) is 19.2 Å². The van der Waals surface area contributed by atoms with Crippen LogP contribution in [0.2, 0.25) is 0 Å². The normalized spacial score (nSPS) is 24.4. The Bertz CT molecular complexity index is 1080. The van der Waals surface area contributed by atoms with Crippen LogP contribution in [0.1, 0.15) is 73.9 Å². The molecule has 10 heteroatoms. The van der Waals surface area contributed by atoms with Gasteiger partial charge in [0, 0.05) is 24.4 Å². The van der Waals surface area contributed by atoms with E-state index in [2.05, 4.69) is 29.5 Å². The second-order valence-corrected chi connectivity index (χ2v) is 13.3. The Balaban J connectivity index is 1.86. The summed E-state index contributed by atoms with van der Waals surface area (Å²) in [6, 6.07) is 2.61. The third-order valence-electron chi connectivity index (χ3n) is 7.79. The van der Waals surface area contributed by atoms with Gasteiger partial charge in [0.25, 0.3) is 0 Å². The Kier molecular flexibility index (Phi) is 7.88. The maximum absolute atomic E-state index is 13.9. The number of pyridine rings is 1. The first-order chi connectivity index (χ1) is 17.4. The van der Waals surface area contributed by atoms with E-state index >= 15 is 0 Å². The summed E-state index contributed by atoms with van der Waals surface area (Å²) >= 11 is 0. The van der Waals surface area contributed by atoms with Gasteiger partial charge < -0.3 is 26.0 Å². The first-order valence-corrected chi connectivity index (χ1v) is 13.2. The number of ether oxygens (including phenoxy) is 1. The summed E-state index contributed by atoms with van der Waals surface area (Å²) < 4.78 is 5.40. The SMILES string of the molecule is CC(c1ccccn1)C(NC(=O)[C@@H]1[C@@H]2[C@H](CN1C(=O)C(NC(=O)OC(C)(C)C)C(C)(C)C)C2(C)C)C(N)=O. The number of carbonyl (C=O) groups is 4. The van der Waals surface area contributed by atoms with Crippen molar-refractivity contribution < 1.29 is 23.9 Å². The van der Waals surface area contributed by atoms with Gasteiger partial charge in [0.05, 0.1) is 0 Å². The zero-order chi connectivity index (χ0) is 28.8. The second kappa shape index (κ2) is 10.2. The molecule has 1 aliphatic heterocycles. The van der Waals surface area contributed by atoms with Crippen molar-refractivity contribution in [1.29, 1.82) is 0 Å². The number of carbonyl (C=O) groups excluding carboxylic acids is 4. The molecule has 1 aliphatic carbocycles. The van der Waals surface area contributed by atoms with Gasteiger partial charge in [-0.1, -0.05) is 47.6 Å². The Morgan fingerprint density at radius 1 is 1.11 bits per heavy atom. The summed E-state index contributed by atoms with van der Waals surface area (Å²) in [5.41, 5.74) is 4.80. The lowest BCUT2D eigenvalue weighted by molar-refractivity contribution is -0.144. The van der Waals surface area contributed by atoms with E-state index in [4.69, 9.17) is 10.5 Å². The molecule has 1 saturated heterocycles. The van der Waals surface area contributed by atoms with Crippen LogP contribution in [-0.2, 0) is 19.1 Å². The predicted octanol–water partition coefficient (Wildman–Crippen LogP) is 2.58. The fraction of sp³-hybridized carbons (Fsp3) is 0.679. The van der Waals surface area contributed by atoms with E-state index in [1.807, 2.05) is 20.8 Å². The van der Waals surface area contributed by atoms with Crippen LogP contribution in [0.4, 0.5) is 4.79 Å². The molecule has 2 heterocycles. The second-order valence-electron chi connectivity index (χ2n) is 13.3. The number of nitrogens with two attached hydrogens (primary N) is 1. The first-order valence-electron chi connectivity index (χ1n) is 13.2. The molecular weight excluding hydrogens is 486 g/mol. The van der Waals surface area contributed by atoms with Gasteiger partial charge in [-0.15, -0.1) is 0 Å². The standard InChI is InChI=1S/C28H43N5O5/c1-15(17-12-10-11-13-30-17)19(22(29)34)31-23(35)20-18-16(28(18,8)9)14-33(20)24(36)21(26(2,3)4)32-25(37)38-27(5,6)7/h10-13,15-16,18-21H,14H2,1-9H3,(H2,29,34)(H,31,35)(H,32,37)/t15?,16-,18-,19?,20-,21?/m0/s1. The van der Waals surface area contributed by atoms with Gasteiger partial charge in [-0.05, 0) is 55.6 Å². The minimum absolute atomic E-state index is 0.0766. The van der Waals surface area contributed by atoms with Gasteiger partial charge in [-0.3, -0.25) is 19.4 Å². The van der Waals surface area contributed by atoms with E-state index in [1.54, 1.807) is 57.0 Å². The highest BCUT2D eigenvalue weighted by Gasteiger charge is 2.70. The average molecular weight is 530 g/mol. The highest BCUT2D eigenvalue weighted by Crippen LogP contribution is 2.65. The van der Waals surface area contributed by atoms with Gasteiger partial charge in [0.15, 0.2) is 0 Å². The maximum Gasteiger partial charge on any atom is 0.408 e. The van der Waals surface area contributed by atoms with E-state index in [0.717, 1.165) is 0 Å². The van der Waals surface area contributed by atoms with Crippen LogP contribution in [0, 0.1) is 22.7 Å². The van der Waals surface area contributed by atoms with Gasteiger partial charge in [-0.2, -0.15) is 0 Å². The van der Waals surface area contributed by atoms with Crippen molar-refractivity contribution in [2.75, 3.05) is 6.54 Å². The fourth-order valence-corrected chi connectivity index (χ4v) is 5.55. The molecule has 6 atom stereocenters. The van der Waals surface area contributed by atoms with Gasteiger partial charge in [0.1, 0.15) is 23.7 Å². The van der Waals surface area contributed by atoms with Crippen LogP contribution >= 0.6 is 0 Å². The Hall–Kier alpha value is -3.17. The number of amides is 4. The van der Waals surface area contributed by atoms with Crippen LogP contribution in [0.25, 0.3) is 0 Å². The summed E-state index contributed by atoms with van der Waals surface area (Å²) in [6.45, 7) is 17.1. The molecule has 3 unspecified atom stereocenters. The molecule has 0 radical (unpaired) electrons. The smallest absolute Gasteiger partial charge is 0.408 e. The highest BCUT2D eigenvalue weighted by molar-refractivity contribution is 5.95.